The molecule has 2 rings (SSSR count). The van der Waals surface area contributed by atoms with Gasteiger partial charge in [0, 0.05) is 12.2 Å². The molecule has 5 nitrogen and oxygen atoms in total. The molecule has 0 aliphatic carbocycles. The zero-order valence-electron chi connectivity index (χ0n) is 8.59. The molecule has 86 valence electrons. The Morgan fingerprint density at radius 3 is 2.69 bits per heavy atom. The highest BCUT2D eigenvalue weighted by atomic mass is 35.5. The topological polar surface area (TPSA) is 84.7 Å². The van der Waals surface area contributed by atoms with Gasteiger partial charge in [-0.15, -0.1) is 12.4 Å². The molecule has 0 spiro atoms. The van der Waals surface area contributed by atoms with Crippen molar-refractivity contribution in [2.75, 3.05) is 11.4 Å². The molecule has 2 amide bonds. The fourth-order valence-electron chi connectivity index (χ4n) is 1.71. The van der Waals surface area contributed by atoms with E-state index in [1.807, 2.05) is 24.3 Å². The highest BCUT2D eigenvalue weighted by molar-refractivity contribution is 6.01. The van der Waals surface area contributed by atoms with Gasteiger partial charge in [0.05, 0.1) is 0 Å². The maximum atomic E-state index is 11.6. The van der Waals surface area contributed by atoms with Gasteiger partial charge >= 0.3 is 6.03 Å². The number of urea groups is 1. The fraction of sp³-hybridized carbons (Fsp3) is 0.200. The van der Waals surface area contributed by atoms with Crippen LogP contribution in [0, 0.1) is 0 Å². The number of carbonyl (C=O) groups excluding carboxylic acids is 1. The third-order valence-corrected chi connectivity index (χ3v) is 2.34. The Labute approximate surface area is 99.5 Å². The quantitative estimate of drug-likeness (QED) is 0.521. The maximum absolute atomic E-state index is 11.6. The smallest absolute Gasteiger partial charge is 0.351 e. The molecule has 0 saturated carbocycles. The summed E-state index contributed by atoms with van der Waals surface area (Å²) in [4.78, 5) is 16.7. The molecule has 0 unspecified atom stereocenters. The van der Waals surface area contributed by atoms with E-state index >= 15 is 0 Å². The number of guanidine groups is 1. The number of rotatable bonds is 0. The molecule has 1 aromatic rings. The Bertz CT molecular complexity index is 429. The second kappa shape index (κ2) is 4.85. The van der Waals surface area contributed by atoms with Gasteiger partial charge in [-0.05, 0) is 18.1 Å². The summed E-state index contributed by atoms with van der Waals surface area (Å²) in [6, 6.07) is 7.33. The molecule has 1 heterocycles. The molecule has 0 fully saturated rings. The van der Waals surface area contributed by atoms with E-state index in [0.717, 1.165) is 17.7 Å². The lowest BCUT2D eigenvalue weighted by Crippen LogP contribution is -2.31. The lowest BCUT2D eigenvalue weighted by Gasteiger charge is -2.13. The molecule has 0 bridgehead atoms. The molecule has 1 aliphatic heterocycles. The number of hydrogen-bond donors (Lipinski definition) is 2. The zero-order chi connectivity index (χ0) is 10.8. The number of fused-ring (bicyclic) bond motifs is 1. The molecule has 1 aliphatic rings. The molecular formula is C10H13ClN4O. The van der Waals surface area contributed by atoms with Crippen LogP contribution in [-0.4, -0.2) is 18.5 Å². The maximum Gasteiger partial charge on any atom is 0.351 e. The van der Waals surface area contributed by atoms with Gasteiger partial charge in [-0.3, -0.25) is 4.90 Å². The lowest BCUT2D eigenvalue weighted by atomic mass is 10.2. The monoisotopic (exact) mass is 240 g/mol. The van der Waals surface area contributed by atoms with E-state index in [4.69, 9.17) is 11.5 Å². The molecule has 0 saturated heterocycles. The number of benzene rings is 1. The van der Waals surface area contributed by atoms with Crippen LogP contribution in [0.3, 0.4) is 0 Å². The molecule has 0 atom stereocenters. The first-order chi connectivity index (χ1) is 7.18. The van der Waals surface area contributed by atoms with Crippen molar-refractivity contribution in [3.8, 4) is 0 Å². The molecular weight excluding hydrogens is 228 g/mol. The number of nitrogens with zero attached hydrogens (tertiary/aromatic N) is 2. The Balaban J connectivity index is 0.00000128. The number of nitrogens with two attached hydrogens (primary N) is 2. The van der Waals surface area contributed by atoms with Gasteiger partial charge in [0.1, 0.15) is 0 Å². The van der Waals surface area contributed by atoms with Crippen LogP contribution in [0.5, 0.6) is 0 Å². The zero-order valence-corrected chi connectivity index (χ0v) is 9.41. The van der Waals surface area contributed by atoms with Crippen molar-refractivity contribution < 1.29 is 4.79 Å². The standard InChI is InChI=1S/C10H12N4O.ClH/c11-9(12)13-10(15)14-6-5-7-3-1-2-4-8(7)14;/h1-4H,5-6H2,(H4,11,12,13,15);1H. The average Bonchev–Trinajstić information content (AvgIpc) is 2.59. The van der Waals surface area contributed by atoms with Crippen LogP contribution in [0.25, 0.3) is 0 Å². The lowest BCUT2D eigenvalue weighted by molar-refractivity contribution is 0.254. The van der Waals surface area contributed by atoms with Crippen LogP contribution in [0.1, 0.15) is 5.56 Å². The molecule has 16 heavy (non-hydrogen) atoms. The predicted octanol–water partition coefficient (Wildman–Crippen LogP) is 0.864. The van der Waals surface area contributed by atoms with Crippen LogP contribution in [0.2, 0.25) is 0 Å². The van der Waals surface area contributed by atoms with Gasteiger partial charge in [-0.2, -0.15) is 4.99 Å². The normalized spacial score (nSPS) is 12.6. The van der Waals surface area contributed by atoms with Crippen LogP contribution in [0.15, 0.2) is 29.3 Å². The number of aliphatic imine (C=N–C) groups is 1. The summed E-state index contributed by atoms with van der Waals surface area (Å²) >= 11 is 0. The fourth-order valence-corrected chi connectivity index (χ4v) is 1.71. The summed E-state index contributed by atoms with van der Waals surface area (Å²) in [5.74, 6) is -0.204. The van der Waals surface area contributed by atoms with E-state index in [1.165, 1.54) is 0 Å². The number of halogens is 1. The second-order valence-electron chi connectivity index (χ2n) is 3.35. The van der Waals surface area contributed by atoms with Gasteiger partial charge in [0.2, 0.25) is 0 Å². The molecule has 4 N–H and O–H groups in total. The number of amides is 2. The Hall–Kier alpha value is -1.75. The van der Waals surface area contributed by atoms with E-state index in [0.29, 0.717) is 6.54 Å². The Morgan fingerprint density at radius 1 is 1.31 bits per heavy atom. The summed E-state index contributed by atoms with van der Waals surface area (Å²) in [6.07, 6.45) is 0.849. The van der Waals surface area contributed by atoms with E-state index in [1.54, 1.807) is 4.90 Å². The summed E-state index contributed by atoms with van der Waals surface area (Å²) < 4.78 is 0. The number of anilines is 1. The third kappa shape index (κ3) is 2.25. The first kappa shape index (κ1) is 12.3. The SMILES string of the molecule is Cl.NC(N)=NC(=O)N1CCc2ccccc21. The minimum Gasteiger partial charge on any atom is -0.370 e. The van der Waals surface area contributed by atoms with Crippen molar-refractivity contribution in [1.29, 1.82) is 0 Å². The van der Waals surface area contributed by atoms with Crippen LogP contribution in [-0.2, 0) is 6.42 Å². The summed E-state index contributed by atoms with van der Waals surface area (Å²) in [7, 11) is 0. The molecule has 1 aromatic carbocycles. The number of hydrogen-bond acceptors (Lipinski definition) is 1. The highest BCUT2D eigenvalue weighted by Gasteiger charge is 2.23. The second-order valence-corrected chi connectivity index (χ2v) is 3.35. The first-order valence-corrected chi connectivity index (χ1v) is 4.67. The van der Waals surface area contributed by atoms with Gasteiger partial charge in [-0.1, -0.05) is 18.2 Å². The van der Waals surface area contributed by atoms with Crippen LogP contribution >= 0.6 is 12.4 Å². The van der Waals surface area contributed by atoms with Crippen molar-refractivity contribution >= 4 is 30.1 Å². The van der Waals surface area contributed by atoms with Crippen molar-refractivity contribution in [2.24, 2.45) is 16.5 Å². The minimum absolute atomic E-state index is 0. The van der Waals surface area contributed by atoms with E-state index < -0.39 is 6.03 Å². The summed E-state index contributed by atoms with van der Waals surface area (Å²) in [5, 5.41) is 0. The highest BCUT2D eigenvalue weighted by Crippen LogP contribution is 2.27. The Kier molecular flexibility index (Phi) is 3.73. The van der Waals surface area contributed by atoms with Crippen molar-refractivity contribution in [2.45, 2.75) is 6.42 Å². The van der Waals surface area contributed by atoms with Crippen LogP contribution < -0.4 is 16.4 Å². The molecule has 0 aromatic heterocycles. The van der Waals surface area contributed by atoms with Gasteiger partial charge in [0.25, 0.3) is 0 Å². The number of para-hydroxylation sites is 1. The number of carbonyl (C=O) groups is 1. The largest absolute Gasteiger partial charge is 0.370 e. The van der Waals surface area contributed by atoms with Crippen LogP contribution in [0.4, 0.5) is 10.5 Å². The minimum atomic E-state index is -0.403. The average molecular weight is 241 g/mol. The van der Waals surface area contributed by atoms with Crippen molar-refractivity contribution in [3.63, 3.8) is 0 Å². The first-order valence-electron chi connectivity index (χ1n) is 4.67. The molecule has 0 radical (unpaired) electrons. The van der Waals surface area contributed by atoms with Crippen molar-refractivity contribution in [3.05, 3.63) is 29.8 Å². The van der Waals surface area contributed by atoms with E-state index in [9.17, 15) is 4.79 Å². The Morgan fingerprint density at radius 2 is 2.00 bits per heavy atom. The van der Waals surface area contributed by atoms with Gasteiger partial charge in [0.15, 0.2) is 5.96 Å². The van der Waals surface area contributed by atoms with E-state index in [-0.39, 0.29) is 18.4 Å². The van der Waals surface area contributed by atoms with Gasteiger partial charge < -0.3 is 11.5 Å². The predicted molar refractivity (Wildman–Crippen MR) is 65.9 cm³/mol. The van der Waals surface area contributed by atoms with E-state index in [2.05, 4.69) is 4.99 Å². The molecule has 6 heteroatoms. The van der Waals surface area contributed by atoms with Gasteiger partial charge in [-0.25, -0.2) is 4.79 Å². The van der Waals surface area contributed by atoms with Crippen molar-refractivity contribution in [1.82, 2.24) is 0 Å². The summed E-state index contributed by atoms with van der Waals surface area (Å²) in [5.41, 5.74) is 12.4. The summed E-state index contributed by atoms with van der Waals surface area (Å²) in [6.45, 7) is 0.634. The third-order valence-electron chi connectivity index (χ3n) is 2.34.